The third-order valence-corrected chi connectivity index (χ3v) is 6.47. The van der Waals surface area contributed by atoms with Crippen LogP contribution in [-0.2, 0) is 16.1 Å². The quantitative estimate of drug-likeness (QED) is 0.167. The number of thiophene rings is 1. The monoisotopic (exact) mass is 512 g/mol. The van der Waals surface area contributed by atoms with Crippen molar-refractivity contribution in [2.24, 2.45) is 0 Å². The second kappa shape index (κ2) is 12.5. The highest BCUT2D eigenvalue weighted by atomic mass is 32.1. The molecule has 0 aliphatic rings. The summed E-state index contributed by atoms with van der Waals surface area (Å²) >= 11 is 1.63. The van der Waals surface area contributed by atoms with Crippen molar-refractivity contribution in [1.29, 1.82) is 0 Å². The van der Waals surface area contributed by atoms with Gasteiger partial charge in [0.05, 0.1) is 18.5 Å². The average molecular weight is 513 g/mol. The number of nitrogens with two attached hydrogens (primary N) is 1. The van der Waals surface area contributed by atoms with Gasteiger partial charge in [-0.15, -0.1) is 11.3 Å². The topological polar surface area (TPSA) is 105 Å². The summed E-state index contributed by atoms with van der Waals surface area (Å²) in [6.07, 6.45) is 3.16. The minimum Gasteiger partial charge on any atom is -0.497 e. The number of hydrogen-bond acceptors (Lipinski definition) is 6. The number of carbonyl (C=O) groups is 2. The Morgan fingerprint density at radius 1 is 0.946 bits per heavy atom. The highest BCUT2D eigenvalue weighted by molar-refractivity contribution is 7.09. The molecule has 4 rings (SSSR count). The lowest BCUT2D eigenvalue weighted by atomic mass is 10.0. The van der Waals surface area contributed by atoms with Gasteiger partial charge in [0.2, 0.25) is 11.8 Å². The van der Waals surface area contributed by atoms with Crippen LogP contribution in [0.5, 0.6) is 5.75 Å². The van der Waals surface area contributed by atoms with Crippen LogP contribution in [0.25, 0.3) is 6.08 Å². The van der Waals surface area contributed by atoms with Crippen LogP contribution >= 0.6 is 11.3 Å². The van der Waals surface area contributed by atoms with Crippen molar-refractivity contribution in [3.63, 3.8) is 0 Å². The molecule has 2 amide bonds. The van der Waals surface area contributed by atoms with E-state index in [1.165, 1.54) is 6.08 Å². The first-order chi connectivity index (χ1) is 18.0. The largest absolute Gasteiger partial charge is 0.497 e. The summed E-state index contributed by atoms with van der Waals surface area (Å²) in [7, 11) is 1.60. The fourth-order valence-electron chi connectivity index (χ4n) is 3.62. The number of hydrogen-bond donors (Lipinski definition) is 4. The van der Waals surface area contributed by atoms with Gasteiger partial charge in [0, 0.05) is 23.2 Å². The molecule has 1 aromatic heterocycles. The zero-order chi connectivity index (χ0) is 26.0. The predicted octanol–water partition coefficient (Wildman–Crippen LogP) is 5.46. The smallest absolute Gasteiger partial charge is 0.248 e. The Morgan fingerprint density at radius 3 is 2.38 bits per heavy atom. The standard InChI is InChI=1S/C29H28N4O3S/c1-36-23-15-13-22(14-16-23)32-29(35)28(31-19-24-5-4-18-37-24)21-11-8-20(9-12-21)10-17-27(34)33-26-7-3-2-6-25(26)30/h2-18,28,31H,19,30H2,1H3,(H,32,35)(H,33,34)/b17-10+. The molecule has 1 heterocycles. The van der Waals surface area contributed by atoms with E-state index in [1.54, 1.807) is 60.9 Å². The van der Waals surface area contributed by atoms with E-state index in [1.807, 2.05) is 53.9 Å². The molecule has 0 aliphatic carbocycles. The molecule has 7 nitrogen and oxygen atoms in total. The van der Waals surface area contributed by atoms with E-state index in [0.717, 1.165) is 21.8 Å². The van der Waals surface area contributed by atoms with E-state index in [9.17, 15) is 9.59 Å². The van der Waals surface area contributed by atoms with Crippen LogP contribution in [0.1, 0.15) is 22.0 Å². The number of benzene rings is 3. The third-order valence-electron chi connectivity index (χ3n) is 5.60. The Bertz CT molecular complexity index is 1350. The average Bonchev–Trinajstić information content (AvgIpc) is 3.44. The molecule has 0 radical (unpaired) electrons. The maximum absolute atomic E-state index is 13.2. The van der Waals surface area contributed by atoms with Crippen LogP contribution in [0, 0.1) is 0 Å². The number of para-hydroxylation sites is 2. The minimum atomic E-state index is -0.577. The highest BCUT2D eigenvalue weighted by Crippen LogP contribution is 2.21. The van der Waals surface area contributed by atoms with E-state index in [4.69, 9.17) is 10.5 Å². The van der Waals surface area contributed by atoms with Crippen LogP contribution in [0.2, 0.25) is 0 Å². The normalized spacial score (nSPS) is 11.7. The summed E-state index contributed by atoms with van der Waals surface area (Å²) in [6.45, 7) is 0.558. The van der Waals surface area contributed by atoms with Gasteiger partial charge in [-0.2, -0.15) is 0 Å². The Balaban J connectivity index is 1.45. The van der Waals surface area contributed by atoms with Crippen molar-refractivity contribution in [1.82, 2.24) is 5.32 Å². The molecule has 188 valence electrons. The van der Waals surface area contributed by atoms with Gasteiger partial charge in [-0.05, 0) is 65.0 Å². The van der Waals surface area contributed by atoms with Crippen molar-refractivity contribution in [3.8, 4) is 5.75 Å². The number of methoxy groups -OCH3 is 1. The number of anilines is 3. The maximum Gasteiger partial charge on any atom is 0.248 e. The lowest BCUT2D eigenvalue weighted by Gasteiger charge is -2.19. The Kier molecular flexibility index (Phi) is 8.70. The number of rotatable bonds is 10. The number of nitrogen functional groups attached to an aromatic ring is 1. The number of ether oxygens (including phenoxy) is 1. The molecular weight excluding hydrogens is 484 g/mol. The van der Waals surface area contributed by atoms with E-state index < -0.39 is 6.04 Å². The first-order valence-electron chi connectivity index (χ1n) is 11.7. The van der Waals surface area contributed by atoms with Gasteiger partial charge >= 0.3 is 0 Å². The third kappa shape index (κ3) is 7.30. The lowest BCUT2D eigenvalue weighted by molar-refractivity contribution is -0.118. The number of carbonyl (C=O) groups excluding carboxylic acids is 2. The van der Waals surface area contributed by atoms with Crippen molar-refractivity contribution < 1.29 is 14.3 Å². The van der Waals surface area contributed by atoms with Crippen molar-refractivity contribution >= 4 is 46.3 Å². The minimum absolute atomic E-state index is 0.176. The molecule has 0 spiro atoms. The fraction of sp³-hybridized carbons (Fsp3) is 0.103. The molecule has 8 heteroatoms. The van der Waals surface area contributed by atoms with Gasteiger partial charge in [-0.3, -0.25) is 14.9 Å². The van der Waals surface area contributed by atoms with Crippen molar-refractivity contribution in [2.45, 2.75) is 12.6 Å². The molecule has 5 N–H and O–H groups in total. The van der Waals surface area contributed by atoms with Crippen LogP contribution in [0.15, 0.2) is 96.4 Å². The van der Waals surface area contributed by atoms with Gasteiger partial charge < -0.3 is 21.1 Å². The maximum atomic E-state index is 13.2. The second-order valence-corrected chi connectivity index (χ2v) is 9.22. The van der Waals surface area contributed by atoms with E-state index in [0.29, 0.717) is 23.6 Å². The Morgan fingerprint density at radius 2 is 1.70 bits per heavy atom. The second-order valence-electron chi connectivity index (χ2n) is 8.19. The SMILES string of the molecule is COc1ccc(NC(=O)C(NCc2cccs2)c2ccc(/C=C/C(=O)Nc3ccccc3N)cc2)cc1. The molecule has 37 heavy (non-hydrogen) atoms. The van der Waals surface area contributed by atoms with Crippen LogP contribution in [0.3, 0.4) is 0 Å². The molecule has 0 saturated heterocycles. The van der Waals surface area contributed by atoms with Gasteiger partial charge in [0.25, 0.3) is 0 Å². The molecule has 1 atom stereocenters. The molecule has 4 aromatic rings. The molecule has 0 saturated carbocycles. The first-order valence-corrected chi connectivity index (χ1v) is 12.5. The molecule has 3 aromatic carbocycles. The van der Waals surface area contributed by atoms with Gasteiger partial charge in [0.15, 0.2) is 0 Å². The first kappa shape index (κ1) is 25.7. The van der Waals surface area contributed by atoms with E-state index in [-0.39, 0.29) is 11.8 Å². The molecule has 0 fully saturated rings. The summed E-state index contributed by atoms with van der Waals surface area (Å²) < 4.78 is 5.19. The van der Waals surface area contributed by atoms with E-state index in [2.05, 4.69) is 16.0 Å². The van der Waals surface area contributed by atoms with E-state index >= 15 is 0 Å². The summed E-state index contributed by atoms with van der Waals surface area (Å²) in [5, 5.41) is 11.1. The van der Waals surface area contributed by atoms with Crippen LogP contribution < -0.4 is 26.4 Å². The molecule has 0 aliphatic heterocycles. The molecule has 1 unspecified atom stereocenters. The van der Waals surface area contributed by atoms with Gasteiger partial charge in [-0.1, -0.05) is 42.5 Å². The molecule has 0 bridgehead atoms. The Labute approximate surface area is 220 Å². The van der Waals surface area contributed by atoms with Gasteiger partial charge in [-0.25, -0.2) is 0 Å². The summed E-state index contributed by atoms with van der Waals surface area (Å²) in [5.74, 6) is 0.260. The summed E-state index contributed by atoms with van der Waals surface area (Å²) in [5.41, 5.74) is 9.26. The number of amides is 2. The fourth-order valence-corrected chi connectivity index (χ4v) is 4.28. The number of nitrogens with one attached hydrogen (secondary N) is 3. The Hall–Kier alpha value is -4.40. The predicted molar refractivity (Wildman–Crippen MR) is 150 cm³/mol. The lowest BCUT2D eigenvalue weighted by Crippen LogP contribution is -2.32. The highest BCUT2D eigenvalue weighted by Gasteiger charge is 2.20. The van der Waals surface area contributed by atoms with Crippen LogP contribution in [-0.4, -0.2) is 18.9 Å². The summed E-state index contributed by atoms with van der Waals surface area (Å²) in [4.78, 5) is 26.7. The van der Waals surface area contributed by atoms with Crippen LogP contribution in [0.4, 0.5) is 17.1 Å². The van der Waals surface area contributed by atoms with Crippen molar-refractivity contribution in [2.75, 3.05) is 23.5 Å². The van der Waals surface area contributed by atoms with Gasteiger partial charge in [0.1, 0.15) is 11.8 Å². The zero-order valence-electron chi connectivity index (χ0n) is 20.3. The summed E-state index contributed by atoms with van der Waals surface area (Å²) in [6, 6.07) is 25.2. The molecular formula is C29H28N4O3S. The zero-order valence-corrected chi connectivity index (χ0v) is 21.1. The van der Waals surface area contributed by atoms with Crippen molar-refractivity contribution in [3.05, 3.63) is 112 Å².